The van der Waals surface area contributed by atoms with Gasteiger partial charge in [-0.05, 0) is 12.1 Å². The summed E-state index contributed by atoms with van der Waals surface area (Å²) < 4.78 is 25.5. The molecule has 1 aromatic carbocycles. The molecule has 2 N–H and O–H groups in total. The normalized spacial score (nSPS) is 24.5. The highest BCUT2D eigenvalue weighted by molar-refractivity contribution is 7.89. The molecule has 2 rings (SSSR count). The molecule has 0 aliphatic carbocycles. The molecule has 0 spiro atoms. The van der Waals surface area contributed by atoms with Crippen LogP contribution in [0.25, 0.3) is 0 Å². The lowest BCUT2D eigenvalue weighted by atomic mass is 10.2. The van der Waals surface area contributed by atoms with Gasteiger partial charge in [0.05, 0.1) is 11.1 Å². The van der Waals surface area contributed by atoms with E-state index in [1.807, 2.05) is 0 Å². The van der Waals surface area contributed by atoms with E-state index < -0.39 is 28.1 Å². The zero-order valence-corrected chi connectivity index (χ0v) is 11.3. The van der Waals surface area contributed by atoms with Gasteiger partial charge < -0.3 is 10.2 Å². The number of nitrogens with zero attached hydrogens (tertiary/aromatic N) is 1. The van der Waals surface area contributed by atoms with Crippen LogP contribution in [0.5, 0.6) is 0 Å². The third-order valence-electron chi connectivity index (χ3n) is 2.94. The second-order valence-electron chi connectivity index (χ2n) is 4.25. The van der Waals surface area contributed by atoms with Crippen molar-refractivity contribution in [3.8, 4) is 0 Å². The Morgan fingerprint density at radius 3 is 2.58 bits per heavy atom. The van der Waals surface area contributed by atoms with E-state index in [0.717, 1.165) is 4.31 Å². The van der Waals surface area contributed by atoms with E-state index in [1.54, 1.807) is 6.07 Å². The third kappa shape index (κ3) is 2.59. The van der Waals surface area contributed by atoms with Crippen LogP contribution in [-0.2, 0) is 14.8 Å². The van der Waals surface area contributed by atoms with E-state index in [9.17, 15) is 18.3 Å². The highest BCUT2D eigenvalue weighted by atomic mass is 35.5. The number of aliphatic hydroxyl groups excluding tert-OH is 1. The van der Waals surface area contributed by atoms with Crippen molar-refractivity contribution < 1.29 is 23.4 Å². The van der Waals surface area contributed by atoms with Crippen LogP contribution in [-0.4, -0.2) is 47.6 Å². The zero-order chi connectivity index (χ0) is 14.2. The molecule has 0 bridgehead atoms. The van der Waals surface area contributed by atoms with Gasteiger partial charge >= 0.3 is 5.97 Å². The smallest absolute Gasteiger partial charge is 0.322 e. The monoisotopic (exact) mass is 305 g/mol. The minimum atomic E-state index is -4.04. The molecule has 2 atom stereocenters. The van der Waals surface area contributed by atoms with E-state index >= 15 is 0 Å². The molecule has 0 radical (unpaired) electrons. The molecule has 104 valence electrons. The number of rotatable bonds is 3. The van der Waals surface area contributed by atoms with Gasteiger partial charge in [-0.2, -0.15) is 4.31 Å². The van der Waals surface area contributed by atoms with Crippen molar-refractivity contribution in [1.29, 1.82) is 0 Å². The summed E-state index contributed by atoms with van der Waals surface area (Å²) in [7, 11) is -4.04. The van der Waals surface area contributed by atoms with Crippen LogP contribution in [0, 0.1) is 0 Å². The fourth-order valence-electron chi connectivity index (χ4n) is 2.05. The highest BCUT2D eigenvalue weighted by Crippen LogP contribution is 2.30. The van der Waals surface area contributed by atoms with Crippen molar-refractivity contribution in [3.05, 3.63) is 29.3 Å². The number of carboxylic acids is 1. The quantitative estimate of drug-likeness (QED) is 0.850. The maximum Gasteiger partial charge on any atom is 0.322 e. The molecule has 1 fully saturated rings. The molecule has 1 aliphatic heterocycles. The van der Waals surface area contributed by atoms with E-state index in [4.69, 9.17) is 16.7 Å². The first kappa shape index (κ1) is 14.3. The van der Waals surface area contributed by atoms with Gasteiger partial charge in [-0.3, -0.25) is 4.79 Å². The fourth-order valence-corrected chi connectivity index (χ4v) is 4.18. The third-order valence-corrected chi connectivity index (χ3v) is 5.32. The predicted molar refractivity (Wildman–Crippen MR) is 67.4 cm³/mol. The van der Waals surface area contributed by atoms with Gasteiger partial charge in [-0.1, -0.05) is 23.7 Å². The highest BCUT2D eigenvalue weighted by Gasteiger charge is 2.44. The number of aliphatic carboxylic acids is 1. The summed E-state index contributed by atoms with van der Waals surface area (Å²) in [5.41, 5.74) is 0. The summed E-state index contributed by atoms with van der Waals surface area (Å²) in [6.45, 7) is -0.246. The number of aliphatic hydroxyl groups is 1. The van der Waals surface area contributed by atoms with Crippen molar-refractivity contribution in [2.75, 3.05) is 6.54 Å². The lowest BCUT2D eigenvalue weighted by molar-refractivity contribution is -0.140. The molecule has 1 aromatic rings. The van der Waals surface area contributed by atoms with Gasteiger partial charge in [0.25, 0.3) is 0 Å². The average molecular weight is 306 g/mol. The topological polar surface area (TPSA) is 94.9 Å². The maximum atomic E-state index is 12.4. The molecule has 0 unspecified atom stereocenters. The summed E-state index contributed by atoms with van der Waals surface area (Å²) in [5.74, 6) is -1.29. The Labute approximate surface area is 115 Å². The van der Waals surface area contributed by atoms with Gasteiger partial charge in [0.15, 0.2) is 0 Å². The number of carbonyl (C=O) groups is 1. The van der Waals surface area contributed by atoms with Crippen LogP contribution in [0.1, 0.15) is 6.42 Å². The van der Waals surface area contributed by atoms with Crippen molar-refractivity contribution in [2.45, 2.75) is 23.5 Å². The second-order valence-corrected chi connectivity index (χ2v) is 6.51. The molecular formula is C11H12ClNO5S. The summed E-state index contributed by atoms with van der Waals surface area (Å²) in [6.07, 6.45) is -1.11. The molecule has 0 saturated carbocycles. The van der Waals surface area contributed by atoms with Gasteiger partial charge in [0.2, 0.25) is 10.0 Å². The molecule has 0 aromatic heterocycles. The van der Waals surface area contributed by atoms with E-state index in [1.165, 1.54) is 18.2 Å². The molecule has 1 saturated heterocycles. The minimum Gasteiger partial charge on any atom is -0.480 e. The Hall–Kier alpha value is -1.15. The molecule has 8 heteroatoms. The van der Waals surface area contributed by atoms with E-state index in [-0.39, 0.29) is 22.9 Å². The number of benzene rings is 1. The summed E-state index contributed by atoms with van der Waals surface area (Å²) in [4.78, 5) is 10.9. The standard InChI is InChI=1S/C11H12ClNO5S/c12-8-3-1-2-4-10(8)19(17,18)13-6-7(14)5-9(13)11(15)16/h1-4,7,9,14H,5-6H2,(H,15,16)/t7-,9-/m0/s1. The lowest BCUT2D eigenvalue weighted by Gasteiger charge is -2.21. The molecule has 0 amide bonds. The number of halogens is 1. The summed E-state index contributed by atoms with van der Waals surface area (Å²) in [5, 5.41) is 18.5. The van der Waals surface area contributed by atoms with Gasteiger partial charge in [-0.25, -0.2) is 8.42 Å². The molecule has 19 heavy (non-hydrogen) atoms. The number of carboxylic acid groups (broad SMARTS) is 1. The van der Waals surface area contributed by atoms with Crippen LogP contribution in [0.2, 0.25) is 5.02 Å². The Morgan fingerprint density at radius 1 is 1.37 bits per heavy atom. The molecule has 1 aliphatic rings. The van der Waals surface area contributed by atoms with Crippen molar-refractivity contribution in [2.24, 2.45) is 0 Å². The number of hydrogen-bond donors (Lipinski definition) is 2. The van der Waals surface area contributed by atoms with Crippen LogP contribution >= 0.6 is 11.6 Å². The first-order valence-corrected chi connectivity index (χ1v) is 7.33. The molecular weight excluding hydrogens is 294 g/mol. The SMILES string of the molecule is O=C(O)[C@@H]1C[C@H](O)CN1S(=O)(=O)c1ccccc1Cl. The second kappa shape index (κ2) is 5.09. The Morgan fingerprint density at radius 2 is 2.00 bits per heavy atom. The van der Waals surface area contributed by atoms with Crippen LogP contribution < -0.4 is 0 Å². The largest absolute Gasteiger partial charge is 0.480 e. The van der Waals surface area contributed by atoms with Crippen molar-refractivity contribution in [3.63, 3.8) is 0 Å². The van der Waals surface area contributed by atoms with Gasteiger partial charge in [0.1, 0.15) is 10.9 Å². The van der Waals surface area contributed by atoms with E-state index in [2.05, 4.69) is 0 Å². The van der Waals surface area contributed by atoms with Crippen LogP contribution in [0.15, 0.2) is 29.2 Å². The first-order valence-electron chi connectivity index (χ1n) is 5.51. The van der Waals surface area contributed by atoms with Crippen molar-refractivity contribution in [1.82, 2.24) is 4.31 Å². The number of sulfonamides is 1. The number of β-amino-alcohol motifs (C(OH)–C–C–N with tert-alkyl or cyclic N) is 1. The van der Waals surface area contributed by atoms with E-state index in [0.29, 0.717) is 0 Å². The minimum absolute atomic E-state index is 0.0213. The Kier molecular flexibility index (Phi) is 3.82. The predicted octanol–water partition coefficient (Wildman–Crippen LogP) is 0.548. The Bertz CT molecular complexity index is 603. The Balaban J connectivity index is 2.45. The zero-order valence-electron chi connectivity index (χ0n) is 9.73. The average Bonchev–Trinajstić information content (AvgIpc) is 2.72. The molecule has 6 nitrogen and oxygen atoms in total. The summed E-state index contributed by atoms with van der Waals surface area (Å²) >= 11 is 5.84. The van der Waals surface area contributed by atoms with Crippen LogP contribution in [0.3, 0.4) is 0 Å². The number of hydrogen-bond acceptors (Lipinski definition) is 4. The molecule has 1 heterocycles. The van der Waals surface area contributed by atoms with Gasteiger partial charge in [-0.15, -0.1) is 0 Å². The first-order chi connectivity index (χ1) is 8.84. The fraction of sp³-hybridized carbons (Fsp3) is 0.364. The maximum absolute atomic E-state index is 12.4. The van der Waals surface area contributed by atoms with Crippen LogP contribution in [0.4, 0.5) is 0 Å². The lowest BCUT2D eigenvalue weighted by Crippen LogP contribution is -2.40. The van der Waals surface area contributed by atoms with Gasteiger partial charge in [0, 0.05) is 13.0 Å². The summed E-state index contributed by atoms with van der Waals surface area (Å²) in [6, 6.07) is 4.53. The van der Waals surface area contributed by atoms with Crippen molar-refractivity contribution >= 4 is 27.6 Å².